The van der Waals surface area contributed by atoms with Crippen LogP contribution in [0.3, 0.4) is 0 Å². The zero-order chi connectivity index (χ0) is 10.1. The third kappa shape index (κ3) is 1.45. The van der Waals surface area contributed by atoms with Crippen LogP contribution in [0.1, 0.15) is 24.8 Å². The van der Waals surface area contributed by atoms with E-state index in [1.165, 1.54) is 0 Å². The fourth-order valence-electron chi connectivity index (χ4n) is 1.96. The van der Waals surface area contributed by atoms with Crippen LogP contribution >= 0.6 is 0 Å². The smallest absolute Gasteiger partial charge is 0.227 e. The third-order valence-corrected chi connectivity index (χ3v) is 2.67. The molecule has 1 aromatic rings. The van der Waals surface area contributed by atoms with Crippen molar-refractivity contribution in [1.29, 1.82) is 0 Å². The van der Waals surface area contributed by atoms with Crippen LogP contribution in [0, 0.1) is 0 Å². The van der Waals surface area contributed by atoms with E-state index in [4.69, 9.17) is 5.73 Å². The van der Waals surface area contributed by atoms with Gasteiger partial charge in [0, 0.05) is 11.7 Å². The maximum atomic E-state index is 11.6. The molecule has 1 heterocycles. The average Bonchev–Trinajstić information content (AvgIpc) is 2.46. The molecule has 1 saturated heterocycles. The van der Waals surface area contributed by atoms with Crippen molar-refractivity contribution in [2.75, 3.05) is 5.73 Å². The van der Waals surface area contributed by atoms with Gasteiger partial charge < -0.3 is 11.1 Å². The first-order chi connectivity index (χ1) is 6.68. The second-order valence-electron chi connectivity index (χ2n) is 3.83. The summed E-state index contributed by atoms with van der Waals surface area (Å²) in [6.07, 6.45) is 0.840. The molecule has 1 aromatic carbocycles. The predicted octanol–water partition coefficient (Wildman–Crippen LogP) is 1.26. The molecule has 1 aliphatic heterocycles. The Hall–Kier alpha value is -1.51. The standard InChI is InChI=1S/C11H14N2O/c1-7-6-9(11(14)13-7)8-4-2-3-5-10(8)12/h2-5,7,9H,6,12H2,1H3,(H,13,14)/t7-,9-/m1/s1. The minimum atomic E-state index is -0.0637. The largest absolute Gasteiger partial charge is 0.398 e. The molecule has 14 heavy (non-hydrogen) atoms. The topological polar surface area (TPSA) is 55.1 Å². The van der Waals surface area contributed by atoms with Crippen LogP contribution in [0.5, 0.6) is 0 Å². The van der Waals surface area contributed by atoms with Gasteiger partial charge in [0.1, 0.15) is 0 Å². The summed E-state index contributed by atoms with van der Waals surface area (Å²) in [6.45, 7) is 2.01. The van der Waals surface area contributed by atoms with Crippen molar-refractivity contribution >= 4 is 11.6 Å². The molecule has 0 bridgehead atoms. The summed E-state index contributed by atoms with van der Waals surface area (Å²) in [5, 5.41) is 2.90. The van der Waals surface area contributed by atoms with Crippen LogP contribution in [-0.2, 0) is 4.79 Å². The lowest BCUT2D eigenvalue weighted by Crippen LogP contribution is -2.23. The van der Waals surface area contributed by atoms with Gasteiger partial charge in [0.2, 0.25) is 5.91 Å². The van der Waals surface area contributed by atoms with E-state index in [-0.39, 0.29) is 17.9 Å². The Kier molecular flexibility index (Phi) is 2.15. The fourth-order valence-corrected chi connectivity index (χ4v) is 1.96. The van der Waals surface area contributed by atoms with Crippen molar-refractivity contribution in [3.63, 3.8) is 0 Å². The molecular formula is C11H14N2O. The number of hydrogen-bond donors (Lipinski definition) is 2. The monoisotopic (exact) mass is 190 g/mol. The van der Waals surface area contributed by atoms with Crippen LogP contribution in [0.4, 0.5) is 5.69 Å². The first-order valence-electron chi connectivity index (χ1n) is 4.83. The van der Waals surface area contributed by atoms with Gasteiger partial charge in [-0.1, -0.05) is 18.2 Å². The fraction of sp³-hybridized carbons (Fsp3) is 0.364. The highest BCUT2D eigenvalue weighted by atomic mass is 16.2. The molecule has 0 aliphatic carbocycles. The maximum Gasteiger partial charge on any atom is 0.227 e. The second-order valence-corrected chi connectivity index (χ2v) is 3.83. The van der Waals surface area contributed by atoms with Gasteiger partial charge in [0.25, 0.3) is 0 Å². The van der Waals surface area contributed by atoms with Crippen LogP contribution in [0.2, 0.25) is 0 Å². The van der Waals surface area contributed by atoms with Crippen LogP contribution in [0.25, 0.3) is 0 Å². The average molecular weight is 190 g/mol. The van der Waals surface area contributed by atoms with E-state index in [1.54, 1.807) is 0 Å². The number of amides is 1. The molecular weight excluding hydrogens is 176 g/mol. The number of carbonyl (C=O) groups excluding carboxylic acids is 1. The number of benzene rings is 1. The SMILES string of the molecule is C[C@@H]1C[C@H](c2ccccc2N)C(=O)N1. The molecule has 0 spiro atoms. The molecule has 0 saturated carbocycles. The molecule has 0 unspecified atom stereocenters. The van der Waals surface area contributed by atoms with E-state index in [1.807, 2.05) is 31.2 Å². The zero-order valence-corrected chi connectivity index (χ0v) is 8.16. The lowest BCUT2D eigenvalue weighted by Gasteiger charge is -2.09. The van der Waals surface area contributed by atoms with E-state index in [9.17, 15) is 4.79 Å². The molecule has 1 aliphatic rings. The first kappa shape index (κ1) is 9.06. The van der Waals surface area contributed by atoms with Crippen molar-refractivity contribution in [2.45, 2.75) is 25.3 Å². The molecule has 3 nitrogen and oxygen atoms in total. The zero-order valence-electron chi connectivity index (χ0n) is 8.16. The Bertz CT molecular complexity index is 362. The van der Waals surface area contributed by atoms with Crippen LogP contribution in [-0.4, -0.2) is 11.9 Å². The van der Waals surface area contributed by atoms with E-state index in [0.29, 0.717) is 5.69 Å². The summed E-state index contributed by atoms with van der Waals surface area (Å²) < 4.78 is 0. The Morgan fingerprint density at radius 3 is 2.71 bits per heavy atom. The van der Waals surface area contributed by atoms with Crippen LogP contribution < -0.4 is 11.1 Å². The van der Waals surface area contributed by atoms with Crippen molar-refractivity contribution in [3.05, 3.63) is 29.8 Å². The Morgan fingerprint density at radius 2 is 2.14 bits per heavy atom. The third-order valence-electron chi connectivity index (χ3n) is 2.67. The summed E-state index contributed by atoms with van der Waals surface area (Å²) in [5.41, 5.74) is 7.49. The summed E-state index contributed by atoms with van der Waals surface area (Å²) in [5.74, 6) is 0.0293. The Morgan fingerprint density at radius 1 is 1.43 bits per heavy atom. The lowest BCUT2D eigenvalue weighted by atomic mass is 9.95. The molecule has 2 atom stereocenters. The second kappa shape index (κ2) is 3.33. The number of nitrogens with one attached hydrogen (secondary N) is 1. The predicted molar refractivity (Wildman–Crippen MR) is 55.8 cm³/mol. The molecule has 2 rings (SSSR count). The molecule has 1 fully saturated rings. The summed E-state index contributed by atoms with van der Waals surface area (Å²) in [6, 6.07) is 7.83. The summed E-state index contributed by atoms with van der Waals surface area (Å²) >= 11 is 0. The lowest BCUT2D eigenvalue weighted by molar-refractivity contribution is -0.120. The maximum absolute atomic E-state index is 11.6. The van der Waals surface area contributed by atoms with Crippen LogP contribution in [0.15, 0.2) is 24.3 Å². The van der Waals surface area contributed by atoms with Gasteiger partial charge in [0.15, 0.2) is 0 Å². The minimum absolute atomic E-state index is 0.0637. The quantitative estimate of drug-likeness (QED) is 0.655. The van der Waals surface area contributed by atoms with Crippen molar-refractivity contribution < 1.29 is 4.79 Å². The Labute approximate surface area is 83.3 Å². The molecule has 1 amide bonds. The summed E-state index contributed by atoms with van der Waals surface area (Å²) in [4.78, 5) is 11.6. The highest BCUT2D eigenvalue weighted by molar-refractivity contribution is 5.87. The molecule has 3 N–H and O–H groups in total. The van der Waals surface area contributed by atoms with E-state index in [0.717, 1.165) is 12.0 Å². The molecule has 0 aromatic heterocycles. The van der Waals surface area contributed by atoms with Crippen molar-refractivity contribution in [1.82, 2.24) is 5.32 Å². The van der Waals surface area contributed by atoms with Gasteiger partial charge >= 0.3 is 0 Å². The highest BCUT2D eigenvalue weighted by Crippen LogP contribution is 2.30. The van der Waals surface area contributed by atoms with Gasteiger partial charge in [-0.25, -0.2) is 0 Å². The van der Waals surface area contributed by atoms with Crippen molar-refractivity contribution in [3.8, 4) is 0 Å². The number of nitrogen functional groups attached to an aromatic ring is 1. The Balaban J connectivity index is 2.32. The number of hydrogen-bond acceptors (Lipinski definition) is 2. The normalized spacial score (nSPS) is 26.2. The van der Waals surface area contributed by atoms with E-state index in [2.05, 4.69) is 5.32 Å². The summed E-state index contributed by atoms with van der Waals surface area (Å²) in [7, 11) is 0. The van der Waals surface area contributed by atoms with Crippen molar-refractivity contribution in [2.24, 2.45) is 0 Å². The first-order valence-corrected chi connectivity index (χ1v) is 4.83. The minimum Gasteiger partial charge on any atom is -0.398 e. The number of anilines is 1. The number of nitrogens with two attached hydrogens (primary N) is 1. The number of para-hydroxylation sites is 1. The van der Waals surface area contributed by atoms with Gasteiger partial charge in [-0.3, -0.25) is 4.79 Å². The van der Waals surface area contributed by atoms with Gasteiger partial charge in [-0.05, 0) is 25.0 Å². The number of carbonyl (C=O) groups is 1. The van der Waals surface area contributed by atoms with Gasteiger partial charge in [-0.2, -0.15) is 0 Å². The van der Waals surface area contributed by atoms with E-state index >= 15 is 0 Å². The highest BCUT2D eigenvalue weighted by Gasteiger charge is 2.31. The molecule has 74 valence electrons. The van der Waals surface area contributed by atoms with Gasteiger partial charge in [0.05, 0.1) is 5.92 Å². The number of rotatable bonds is 1. The molecule has 0 radical (unpaired) electrons. The van der Waals surface area contributed by atoms with E-state index < -0.39 is 0 Å². The molecule has 3 heteroatoms. The van der Waals surface area contributed by atoms with Gasteiger partial charge in [-0.15, -0.1) is 0 Å².